The molecule has 2 aromatic carbocycles. The van der Waals surface area contributed by atoms with Gasteiger partial charge < -0.3 is 10.1 Å². The highest BCUT2D eigenvalue weighted by molar-refractivity contribution is 8.19. The van der Waals surface area contributed by atoms with Gasteiger partial charge in [-0.2, -0.15) is 0 Å². The van der Waals surface area contributed by atoms with E-state index in [2.05, 4.69) is 37.4 Å². The molecule has 0 radical (unpaired) electrons. The third-order valence-electron chi connectivity index (χ3n) is 4.34. The third kappa shape index (κ3) is 4.77. The van der Waals surface area contributed by atoms with Crippen LogP contribution < -0.4 is 10.1 Å². The van der Waals surface area contributed by atoms with E-state index in [-0.39, 0.29) is 12.5 Å². The van der Waals surface area contributed by atoms with Crippen molar-refractivity contribution in [2.45, 2.75) is 31.3 Å². The molecule has 0 unspecified atom stereocenters. The molecule has 0 aromatic heterocycles. The van der Waals surface area contributed by atoms with Crippen molar-refractivity contribution in [2.24, 2.45) is 0 Å². The SMILES string of the molecule is Cc1cccc(C(C)C)c1NC(=O)COc1ccc(C2SCCS2)cc1. The van der Waals surface area contributed by atoms with Crippen LogP contribution in [0.15, 0.2) is 42.5 Å². The Hall–Kier alpha value is -1.59. The van der Waals surface area contributed by atoms with Gasteiger partial charge in [0.05, 0.1) is 4.58 Å². The summed E-state index contributed by atoms with van der Waals surface area (Å²) in [6, 6.07) is 14.2. The fraction of sp³-hybridized carbons (Fsp3) is 0.381. The van der Waals surface area contributed by atoms with Crippen LogP contribution >= 0.6 is 23.5 Å². The number of nitrogens with one attached hydrogen (secondary N) is 1. The van der Waals surface area contributed by atoms with Crippen molar-refractivity contribution in [3.05, 3.63) is 59.2 Å². The molecule has 0 saturated carbocycles. The van der Waals surface area contributed by atoms with Crippen molar-refractivity contribution in [1.29, 1.82) is 0 Å². The van der Waals surface area contributed by atoms with Crippen LogP contribution in [-0.4, -0.2) is 24.0 Å². The molecule has 1 saturated heterocycles. The quantitative estimate of drug-likeness (QED) is 0.699. The number of benzene rings is 2. The molecule has 138 valence electrons. The van der Waals surface area contributed by atoms with E-state index in [4.69, 9.17) is 4.74 Å². The minimum Gasteiger partial charge on any atom is -0.484 e. The normalized spacial score (nSPS) is 14.6. The summed E-state index contributed by atoms with van der Waals surface area (Å²) in [4.78, 5) is 12.3. The minimum absolute atomic E-state index is 0.0120. The van der Waals surface area contributed by atoms with Gasteiger partial charge in [-0.25, -0.2) is 0 Å². The molecular formula is C21H25NO2S2. The number of carbonyl (C=O) groups excluding carboxylic acids is 1. The van der Waals surface area contributed by atoms with Crippen molar-refractivity contribution >= 4 is 35.1 Å². The number of rotatable bonds is 6. The van der Waals surface area contributed by atoms with Crippen LogP contribution in [-0.2, 0) is 4.79 Å². The Morgan fingerprint density at radius 3 is 2.50 bits per heavy atom. The maximum atomic E-state index is 12.3. The zero-order valence-electron chi connectivity index (χ0n) is 15.5. The Kier molecular flexibility index (Phi) is 6.54. The summed E-state index contributed by atoms with van der Waals surface area (Å²) < 4.78 is 6.20. The molecule has 1 aliphatic rings. The Morgan fingerprint density at radius 1 is 1.15 bits per heavy atom. The maximum Gasteiger partial charge on any atom is 0.262 e. The molecule has 0 bridgehead atoms. The van der Waals surface area contributed by atoms with Crippen LogP contribution in [0.5, 0.6) is 5.75 Å². The first-order valence-corrected chi connectivity index (χ1v) is 11.0. The first kappa shape index (κ1) is 19.2. The molecule has 5 heteroatoms. The fourth-order valence-electron chi connectivity index (χ4n) is 2.94. The number of aryl methyl sites for hydroxylation is 1. The van der Waals surface area contributed by atoms with Gasteiger partial charge in [0, 0.05) is 17.2 Å². The summed E-state index contributed by atoms with van der Waals surface area (Å²) in [5, 5.41) is 3.02. The Bertz CT molecular complexity index is 753. The fourth-order valence-corrected chi connectivity index (χ4v) is 5.80. The Morgan fingerprint density at radius 2 is 1.85 bits per heavy atom. The molecule has 0 spiro atoms. The Labute approximate surface area is 164 Å². The van der Waals surface area contributed by atoms with Gasteiger partial charge in [0.1, 0.15) is 5.75 Å². The first-order valence-electron chi connectivity index (χ1n) is 8.90. The van der Waals surface area contributed by atoms with Crippen LogP contribution in [0, 0.1) is 6.92 Å². The number of amides is 1. The Balaban J connectivity index is 1.58. The van der Waals surface area contributed by atoms with E-state index >= 15 is 0 Å². The highest BCUT2D eigenvalue weighted by Gasteiger charge is 2.18. The first-order chi connectivity index (χ1) is 12.5. The summed E-state index contributed by atoms with van der Waals surface area (Å²) >= 11 is 3.97. The van der Waals surface area contributed by atoms with E-state index in [1.165, 1.54) is 17.1 Å². The van der Waals surface area contributed by atoms with Crippen molar-refractivity contribution in [2.75, 3.05) is 23.4 Å². The number of hydrogen-bond acceptors (Lipinski definition) is 4. The standard InChI is InChI=1S/C21H25NO2S2/c1-14(2)18-6-4-5-15(3)20(18)22-19(23)13-24-17-9-7-16(8-10-17)21-25-11-12-26-21/h4-10,14,21H,11-13H2,1-3H3,(H,22,23). The second-order valence-electron chi connectivity index (χ2n) is 6.67. The van der Waals surface area contributed by atoms with Crippen molar-refractivity contribution < 1.29 is 9.53 Å². The lowest BCUT2D eigenvalue weighted by atomic mass is 9.98. The lowest BCUT2D eigenvalue weighted by Crippen LogP contribution is -2.21. The average molecular weight is 388 g/mol. The molecule has 3 rings (SSSR count). The van der Waals surface area contributed by atoms with Gasteiger partial charge >= 0.3 is 0 Å². The van der Waals surface area contributed by atoms with Crippen LogP contribution in [0.4, 0.5) is 5.69 Å². The van der Waals surface area contributed by atoms with E-state index in [1.54, 1.807) is 0 Å². The third-order valence-corrected chi connectivity index (χ3v) is 7.44. The van der Waals surface area contributed by atoms with Gasteiger partial charge in [-0.05, 0) is 41.7 Å². The highest BCUT2D eigenvalue weighted by atomic mass is 32.2. The summed E-state index contributed by atoms with van der Waals surface area (Å²) in [7, 11) is 0. The predicted molar refractivity (Wildman–Crippen MR) is 113 cm³/mol. The van der Waals surface area contributed by atoms with Crippen molar-refractivity contribution in [1.82, 2.24) is 0 Å². The number of anilines is 1. The van der Waals surface area contributed by atoms with Crippen LogP contribution in [0.3, 0.4) is 0 Å². The number of thioether (sulfide) groups is 2. The molecule has 3 nitrogen and oxygen atoms in total. The lowest BCUT2D eigenvalue weighted by Gasteiger charge is -2.16. The van der Waals surface area contributed by atoms with Gasteiger partial charge in [0.15, 0.2) is 6.61 Å². The summed E-state index contributed by atoms with van der Waals surface area (Å²) in [6.07, 6.45) is 0. The van der Waals surface area contributed by atoms with Gasteiger partial charge in [0.2, 0.25) is 0 Å². The van der Waals surface area contributed by atoms with E-state index in [9.17, 15) is 4.79 Å². The van der Waals surface area contributed by atoms with E-state index < -0.39 is 0 Å². The van der Waals surface area contributed by atoms with E-state index in [0.717, 1.165) is 22.6 Å². The lowest BCUT2D eigenvalue weighted by molar-refractivity contribution is -0.118. The topological polar surface area (TPSA) is 38.3 Å². The maximum absolute atomic E-state index is 12.3. The van der Waals surface area contributed by atoms with Crippen molar-refractivity contribution in [3.63, 3.8) is 0 Å². The van der Waals surface area contributed by atoms with Crippen molar-refractivity contribution in [3.8, 4) is 5.75 Å². The molecule has 26 heavy (non-hydrogen) atoms. The summed E-state index contributed by atoms with van der Waals surface area (Å²) in [5.74, 6) is 3.37. The average Bonchev–Trinajstić information content (AvgIpc) is 3.16. The summed E-state index contributed by atoms with van der Waals surface area (Å²) in [5.41, 5.74) is 4.44. The number of ether oxygens (including phenoxy) is 1. The molecule has 2 aromatic rings. The molecule has 1 aliphatic heterocycles. The molecule has 1 amide bonds. The molecule has 1 N–H and O–H groups in total. The van der Waals surface area contributed by atoms with Crippen LogP contribution in [0.1, 0.15) is 41.0 Å². The van der Waals surface area contributed by atoms with E-state index in [0.29, 0.717) is 10.5 Å². The molecule has 1 heterocycles. The second kappa shape index (κ2) is 8.87. The van der Waals surface area contributed by atoms with Crippen LogP contribution in [0.2, 0.25) is 0 Å². The van der Waals surface area contributed by atoms with E-state index in [1.807, 2.05) is 54.7 Å². The molecular weight excluding hydrogens is 362 g/mol. The van der Waals surface area contributed by atoms with Crippen LogP contribution in [0.25, 0.3) is 0 Å². The number of para-hydroxylation sites is 1. The van der Waals surface area contributed by atoms with Gasteiger partial charge in [-0.1, -0.05) is 44.2 Å². The summed E-state index contributed by atoms with van der Waals surface area (Å²) in [6.45, 7) is 6.28. The molecule has 0 aliphatic carbocycles. The zero-order chi connectivity index (χ0) is 18.5. The van der Waals surface area contributed by atoms with Gasteiger partial charge in [-0.15, -0.1) is 23.5 Å². The smallest absolute Gasteiger partial charge is 0.262 e. The molecule has 0 atom stereocenters. The number of hydrogen-bond donors (Lipinski definition) is 1. The second-order valence-corrected chi connectivity index (χ2v) is 9.40. The zero-order valence-corrected chi connectivity index (χ0v) is 17.1. The predicted octanol–water partition coefficient (Wildman–Crippen LogP) is 5.61. The monoisotopic (exact) mass is 387 g/mol. The minimum atomic E-state index is -0.132. The highest BCUT2D eigenvalue weighted by Crippen LogP contribution is 2.45. The van der Waals surface area contributed by atoms with Gasteiger partial charge in [0.25, 0.3) is 5.91 Å². The van der Waals surface area contributed by atoms with Gasteiger partial charge in [-0.3, -0.25) is 4.79 Å². The number of carbonyl (C=O) groups is 1. The molecule has 1 fully saturated rings. The largest absolute Gasteiger partial charge is 0.484 e.